The number of anilines is 1. The summed E-state index contributed by atoms with van der Waals surface area (Å²) in [6.45, 7) is 5.61. The van der Waals surface area contributed by atoms with E-state index in [1.54, 1.807) is 48.5 Å². The molecule has 2 aromatic carbocycles. The van der Waals surface area contributed by atoms with Crippen molar-refractivity contribution in [2.75, 3.05) is 4.90 Å². The van der Waals surface area contributed by atoms with Crippen LogP contribution in [-0.4, -0.2) is 22.3 Å². The van der Waals surface area contributed by atoms with Crippen LogP contribution in [0.3, 0.4) is 0 Å². The average molecular weight is 451 g/mol. The first-order valence-electron chi connectivity index (χ1n) is 8.82. The number of carbonyl (C=O) groups excluding carboxylic acids is 1. The fourth-order valence-corrected chi connectivity index (χ4v) is 3.29. The second kappa shape index (κ2) is 8.99. The fourth-order valence-electron chi connectivity index (χ4n) is 2.68. The monoisotopic (exact) mass is 449 g/mol. The highest BCUT2D eigenvalue weighted by Gasteiger charge is 2.22. The largest absolute Gasteiger partial charge is 0.421 e. The molecule has 8 heteroatoms. The maximum atomic E-state index is 12.7. The molecule has 150 valence electrons. The summed E-state index contributed by atoms with van der Waals surface area (Å²) in [6, 6.07) is 13.6. The highest BCUT2D eigenvalue weighted by molar-refractivity contribution is 6.36. The van der Waals surface area contributed by atoms with Crippen molar-refractivity contribution < 1.29 is 9.53 Å². The number of aromatic nitrogens is 2. The number of carbonyl (C=O) groups is 1. The molecule has 1 heterocycles. The lowest BCUT2D eigenvalue weighted by molar-refractivity contribution is 0.203. The zero-order chi connectivity index (χ0) is 21.1. The van der Waals surface area contributed by atoms with E-state index in [0.717, 1.165) is 11.1 Å². The number of amides is 1. The van der Waals surface area contributed by atoms with E-state index in [0.29, 0.717) is 26.4 Å². The highest BCUT2D eigenvalue weighted by Crippen LogP contribution is 2.30. The van der Waals surface area contributed by atoms with Gasteiger partial charge in [-0.2, -0.15) is 0 Å². The van der Waals surface area contributed by atoms with Crippen LogP contribution in [0.4, 0.5) is 10.5 Å². The molecule has 0 aliphatic heterocycles. The molecule has 5 nitrogen and oxygen atoms in total. The summed E-state index contributed by atoms with van der Waals surface area (Å²) in [5, 5.41) is 9.79. The predicted octanol–water partition coefficient (Wildman–Crippen LogP) is 6.83. The summed E-state index contributed by atoms with van der Waals surface area (Å²) in [7, 11) is 0. The number of hydrogen-bond acceptors (Lipinski definition) is 4. The van der Waals surface area contributed by atoms with Crippen LogP contribution in [0.5, 0.6) is 5.88 Å². The minimum absolute atomic E-state index is 0.0858. The summed E-state index contributed by atoms with van der Waals surface area (Å²) < 4.78 is 5.41. The molecule has 3 aromatic rings. The van der Waals surface area contributed by atoms with Gasteiger partial charge in [0.05, 0.1) is 5.69 Å². The van der Waals surface area contributed by atoms with Crippen molar-refractivity contribution in [3.8, 4) is 17.1 Å². The van der Waals surface area contributed by atoms with Crippen molar-refractivity contribution >= 4 is 46.6 Å². The van der Waals surface area contributed by atoms with Crippen molar-refractivity contribution in [1.82, 2.24) is 10.2 Å². The topological polar surface area (TPSA) is 55.3 Å². The maximum absolute atomic E-state index is 12.7. The Morgan fingerprint density at radius 2 is 1.59 bits per heavy atom. The first kappa shape index (κ1) is 21.4. The highest BCUT2D eigenvalue weighted by atomic mass is 35.5. The van der Waals surface area contributed by atoms with E-state index in [1.807, 2.05) is 20.8 Å². The summed E-state index contributed by atoms with van der Waals surface area (Å²) in [5.74, 6) is 0.0858. The number of nitrogens with zero attached hydrogens (tertiary/aromatic N) is 3. The summed E-state index contributed by atoms with van der Waals surface area (Å²) >= 11 is 18.3. The molecule has 0 saturated carbocycles. The Kier molecular flexibility index (Phi) is 6.63. The van der Waals surface area contributed by atoms with E-state index in [9.17, 15) is 4.79 Å². The molecule has 0 unspecified atom stereocenters. The lowest BCUT2D eigenvalue weighted by Gasteiger charge is -2.25. The Morgan fingerprint density at radius 3 is 2.10 bits per heavy atom. The van der Waals surface area contributed by atoms with E-state index in [4.69, 9.17) is 39.5 Å². The van der Waals surface area contributed by atoms with Gasteiger partial charge >= 0.3 is 6.09 Å². The summed E-state index contributed by atoms with van der Waals surface area (Å²) in [6.07, 6.45) is -0.564. The molecule has 29 heavy (non-hydrogen) atoms. The van der Waals surface area contributed by atoms with Gasteiger partial charge in [-0.15, -0.1) is 10.2 Å². The van der Waals surface area contributed by atoms with Gasteiger partial charge < -0.3 is 4.74 Å². The van der Waals surface area contributed by atoms with Gasteiger partial charge in [-0.1, -0.05) is 34.8 Å². The average Bonchev–Trinajstić information content (AvgIpc) is 2.68. The Balaban J connectivity index is 1.79. The molecule has 0 bridgehead atoms. The quantitative estimate of drug-likeness (QED) is 0.437. The van der Waals surface area contributed by atoms with Gasteiger partial charge in [0.1, 0.15) is 0 Å². The van der Waals surface area contributed by atoms with Crippen LogP contribution >= 0.6 is 34.8 Å². The third-order valence-corrected chi connectivity index (χ3v) is 5.26. The second-order valence-corrected chi connectivity index (χ2v) is 7.88. The molecular weight excluding hydrogens is 433 g/mol. The van der Waals surface area contributed by atoms with Crippen LogP contribution in [0.1, 0.15) is 19.4 Å². The molecule has 0 atom stereocenters. The fraction of sp³-hybridized carbons (Fsp3) is 0.190. The Bertz CT molecular complexity index is 999. The zero-order valence-corrected chi connectivity index (χ0v) is 18.3. The van der Waals surface area contributed by atoms with E-state index < -0.39 is 6.09 Å². The van der Waals surface area contributed by atoms with E-state index in [2.05, 4.69) is 10.2 Å². The minimum Gasteiger partial charge on any atom is -0.389 e. The number of ether oxygens (including phenoxy) is 1. The predicted molar refractivity (Wildman–Crippen MR) is 117 cm³/mol. The van der Waals surface area contributed by atoms with E-state index >= 15 is 0 Å². The van der Waals surface area contributed by atoms with Crippen LogP contribution in [0.25, 0.3) is 11.3 Å². The number of rotatable bonds is 4. The Hall–Kier alpha value is -2.34. The first-order chi connectivity index (χ1) is 13.8. The van der Waals surface area contributed by atoms with Crippen molar-refractivity contribution in [3.05, 3.63) is 69.2 Å². The van der Waals surface area contributed by atoms with Crippen LogP contribution in [0, 0.1) is 6.92 Å². The third kappa shape index (κ3) is 4.99. The van der Waals surface area contributed by atoms with Crippen molar-refractivity contribution in [3.63, 3.8) is 0 Å². The van der Waals surface area contributed by atoms with Crippen molar-refractivity contribution in [2.45, 2.75) is 26.8 Å². The zero-order valence-electron chi connectivity index (χ0n) is 16.0. The van der Waals surface area contributed by atoms with Gasteiger partial charge in [0, 0.05) is 38.4 Å². The van der Waals surface area contributed by atoms with E-state index in [1.165, 1.54) is 4.90 Å². The summed E-state index contributed by atoms with van der Waals surface area (Å²) in [5.41, 5.74) is 2.75. The third-order valence-electron chi connectivity index (χ3n) is 4.23. The number of benzene rings is 2. The normalized spacial score (nSPS) is 10.9. The van der Waals surface area contributed by atoms with Crippen LogP contribution < -0.4 is 9.64 Å². The van der Waals surface area contributed by atoms with E-state index in [-0.39, 0.29) is 11.9 Å². The molecule has 0 N–H and O–H groups in total. The smallest absolute Gasteiger partial charge is 0.389 e. The standard InChI is InChI=1S/C21H18Cl3N3O2/c1-12(2)27(16-6-4-15(22)5-7-16)21(28)29-20-9-8-19(25-26-20)14-10-17(23)13(3)18(24)11-14/h4-12H,1-3H3. The molecule has 3 rings (SSSR count). The van der Waals surface area contributed by atoms with Crippen molar-refractivity contribution in [2.24, 2.45) is 0 Å². The number of hydrogen-bond donors (Lipinski definition) is 0. The molecule has 1 amide bonds. The maximum Gasteiger partial charge on any atom is 0.421 e. The van der Waals surface area contributed by atoms with Crippen LogP contribution in [0.2, 0.25) is 15.1 Å². The van der Waals surface area contributed by atoms with Gasteiger partial charge in [-0.3, -0.25) is 4.90 Å². The molecule has 0 radical (unpaired) electrons. The molecule has 0 aliphatic carbocycles. The molecule has 0 spiro atoms. The lowest BCUT2D eigenvalue weighted by atomic mass is 10.1. The lowest BCUT2D eigenvalue weighted by Crippen LogP contribution is -2.39. The minimum atomic E-state index is -0.564. The van der Waals surface area contributed by atoms with Crippen LogP contribution in [-0.2, 0) is 0 Å². The molecular formula is C21H18Cl3N3O2. The van der Waals surface area contributed by atoms with Gasteiger partial charge in [-0.25, -0.2) is 4.79 Å². The van der Waals surface area contributed by atoms with Crippen molar-refractivity contribution in [1.29, 1.82) is 0 Å². The molecule has 0 aliphatic rings. The SMILES string of the molecule is Cc1c(Cl)cc(-c2ccc(OC(=O)N(c3ccc(Cl)cc3)C(C)C)nn2)cc1Cl. The first-order valence-corrected chi connectivity index (χ1v) is 9.96. The molecule has 0 saturated heterocycles. The Morgan fingerprint density at radius 1 is 0.966 bits per heavy atom. The number of halogens is 3. The van der Waals surface area contributed by atoms with Gasteiger partial charge in [0.2, 0.25) is 5.88 Å². The van der Waals surface area contributed by atoms with Gasteiger partial charge in [0.25, 0.3) is 0 Å². The summed E-state index contributed by atoms with van der Waals surface area (Å²) in [4.78, 5) is 14.2. The van der Waals surface area contributed by atoms with Gasteiger partial charge in [0.15, 0.2) is 0 Å². The van der Waals surface area contributed by atoms with Crippen LogP contribution in [0.15, 0.2) is 48.5 Å². The second-order valence-electron chi connectivity index (χ2n) is 6.63. The Labute approximate surface area is 184 Å². The molecule has 1 aromatic heterocycles. The van der Waals surface area contributed by atoms with Gasteiger partial charge in [-0.05, 0) is 68.8 Å². The molecule has 0 fully saturated rings.